The topological polar surface area (TPSA) is 55.2 Å². The van der Waals surface area contributed by atoms with E-state index in [-0.39, 0.29) is 5.69 Å². The smallest absolute Gasteiger partial charge is 0.270 e. The predicted molar refractivity (Wildman–Crippen MR) is 68.2 cm³/mol. The lowest BCUT2D eigenvalue weighted by atomic mass is 10.2. The van der Waals surface area contributed by atoms with Crippen LogP contribution in [0.2, 0.25) is 5.02 Å². The second-order valence-corrected chi connectivity index (χ2v) is 4.46. The van der Waals surface area contributed by atoms with Crippen LogP contribution in [0, 0.1) is 10.1 Å². The van der Waals surface area contributed by atoms with E-state index in [0.29, 0.717) is 16.6 Å². The van der Waals surface area contributed by atoms with Gasteiger partial charge in [-0.1, -0.05) is 23.8 Å². The molecule has 4 nitrogen and oxygen atoms in total. The fraction of sp³-hybridized carbons (Fsp3) is 0.333. The maximum absolute atomic E-state index is 10.6. The molecule has 0 spiro atoms. The maximum Gasteiger partial charge on any atom is 0.270 e. The van der Waals surface area contributed by atoms with Gasteiger partial charge < -0.3 is 5.32 Å². The van der Waals surface area contributed by atoms with Crippen molar-refractivity contribution in [3.05, 3.63) is 45.0 Å². The average molecular weight is 253 g/mol. The van der Waals surface area contributed by atoms with Crippen LogP contribution in [0.5, 0.6) is 0 Å². The molecule has 0 heterocycles. The molecule has 0 radical (unpaired) electrons. The fourth-order valence-corrected chi connectivity index (χ4v) is 1.66. The van der Waals surface area contributed by atoms with Crippen LogP contribution in [0.1, 0.15) is 18.4 Å². The van der Waals surface area contributed by atoms with E-state index in [2.05, 4.69) is 5.32 Å². The van der Waals surface area contributed by atoms with Crippen molar-refractivity contribution in [2.75, 3.05) is 6.54 Å². The van der Waals surface area contributed by atoms with Gasteiger partial charge in [-0.25, -0.2) is 0 Å². The van der Waals surface area contributed by atoms with Crippen molar-refractivity contribution in [2.24, 2.45) is 0 Å². The molecule has 0 unspecified atom stereocenters. The summed E-state index contributed by atoms with van der Waals surface area (Å²) in [6.07, 6.45) is 6.23. The zero-order chi connectivity index (χ0) is 12.3. The van der Waals surface area contributed by atoms with E-state index in [0.717, 1.165) is 6.54 Å². The van der Waals surface area contributed by atoms with Gasteiger partial charge in [-0.05, 0) is 24.5 Å². The van der Waals surface area contributed by atoms with Gasteiger partial charge in [0.2, 0.25) is 0 Å². The number of rotatable bonds is 5. The molecular weight excluding hydrogens is 240 g/mol. The highest BCUT2D eigenvalue weighted by molar-refractivity contribution is 6.32. The third-order valence-electron chi connectivity index (χ3n) is 2.59. The van der Waals surface area contributed by atoms with E-state index in [1.54, 1.807) is 6.07 Å². The highest BCUT2D eigenvalue weighted by Crippen LogP contribution is 2.23. The fourth-order valence-electron chi connectivity index (χ4n) is 1.48. The predicted octanol–water partition coefficient (Wildman–Crippen LogP) is 3.01. The van der Waals surface area contributed by atoms with E-state index < -0.39 is 4.92 Å². The summed E-state index contributed by atoms with van der Waals surface area (Å²) in [6, 6.07) is 5.09. The number of non-ortho nitro benzene ring substituents is 1. The number of nitrogens with zero attached hydrogens (tertiary/aromatic N) is 1. The summed E-state index contributed by atoms with van der Waals surface area (Å²) in [4.78, 5) is 10.2. The first-order chi connectivity index (χ1) is 8.16. The molecular formula is C12H13ClN2O2. The number of benzene rings is 1. The Kier molecular flexibility index (Phi) is 3.76. The Balaban J connectivity index is 2.01. The van der Waals surface area contributed by atoms with Crippen molar-refractivity contribution in [1.82, 2.24) is 5.32 Å². The van der Waals surface area contributed by atoms with E-state index in [1.807, 2.05) is 12.2 Å². The molecule has 1 aromatic rings. The number of nitro groups is 1. The largest absolute Gasteiger partial charge is 0.311 e. The van der Waals surface area contributed by atoms with Crippen LogP contribution in [-0.4, -0.2) is 17.5 Å². The first kappa shape index (κ1) is 12.1. The number of nitro benzene ring substituents is 1. The Hall–Kier alpha value is -1.39. The molecule has 1 aromatic carbocycles. The Labute approximate surface area is 104 Å². The second-order valence-electron chi connectivity index (χ2n) is 4.05. The van der Waals surface area contributed by atoms with Crippen molar-refractivity contribution in [1.29, 1.82) is 0 Å². The van der Waals surface area contributed by atoms with Crippen LogP contribution in [0.15, 0.2) is 24.3 Å². The molecule has 0 bridgehead atoms. The summed E-state index contributed by atoms with van der Waals surface area (Å²) in [5.74, 6) is 0. The van der Waals surface area contributed by atoms with Gasteiger partial charge in [0.1, 0.15) is 0 Å². The van der Waals surface area contributed by atoms with Crippen LogP contribution >= 0.6 is 11.6 Å². The third-order valence-corrected chi connectivity index (χ3v) is 2.93. The van der Waals surface area contributed by atoms with E-state index in [4.69, 9.17) is 11.6 Å². The van der Waals surface area contributed by atoms with Gasteiger partial charge in [-0.3, -0.25) is 10.1 Å². The molecule has 17 heavy (non-hydrogen) atoms. The molecule has 5 heteroatoms. The normalized spacial score (nSPS) is 15.4. The van der Waals surface area contributed by atoms with Gasteiger partial charge in [0.25, 0.3) is 5.69 Å². The number of hydrogen-bond donors (Lipinski definition) is 1. The standard InChI is InChI=1S/C12H13ClN2O2/c13-12-6-5-11(15(16)17)8-9(12)2-1-7-14-10-3-4-10/h1-2,5-6,8,10,14H,3-4,7H2. The van der Waals surface area contributed by atoms with Crippen LogP contribution in [0.4, 0.5) is 5.69 Å². The molecule has 1 N–H and O–H groups in total. The molecule has 1 fully saturated rings. The van der Waals surface area contributed by atoms with Gasteiger partial charge in [-0.2, -0.15) is 0 Å². The minimum Gasteiger partial charge on any atom is -0.311 e. The summed E-state index contributed by atoms with van der Waals surface area (Å²) in [6.45, 7) is 0.768. The number of nitrogens with one attached hydrogen (secondary N) is 1. The first-order valence-electron chi connectivity index (χ1n) is 5.50. The highest BCUT2D eigenvalue weighted by atomic mass is 35.5. The summed E-state index contributed by atoms with van der Waals surface area (Å²) < 4.78 is 0. The van der Waals surface area contributed by atoms with Crippen molar-refractivity contribution in [2.45, 2.75) is 18.9 Å². The summed E-state index contributed by atoms with van der Waals surface area (Å²) in [5, 5.41) is 14.5. The lowest BCUT2D eigenvalue weighted by Gasteiger charge is -1.99. The molecule has 1 saturated carbocycles. The van der Waals surface area contributed by atoms with Gasteiger partial charge >= 0.3 is 0 Å². The van der Waals surface area contributed by atoms with Crippen LogP contribution in [0.25, 0.3) is 6.08 Å². The molecule has 0 aliphatic heterocycles. The summed E-state index contributed by atoms with van der Waals surface area (Å²) in [5.41, 5.74) is 0.739. The molecule has 0 saturated heterocycles. The summed E-state index contributed by atoms with van der Waals surface area (Å²) in [7, 11) is 0. The van der Waals surface area contributed by atoms with E-state index >= 15 is 0 Å². The van der Waals surface area contributed by atoms with E-state index in [9.17, 15) is 10.1 Å². The monoisotopic (exact) mass is 252 g/mol. The van der Waals surface area contributed by atoms with Gasteiger partial charge in [0, 0.05) is 29.7 Å². The number of hydrogen-bond acceptors (Lipinski definition) is 3. The molecule has 1 aliphatic carbocycles. The Morgan fingerprint density at radius 3 is 2.94 bits per heavy atom. The molecule has 0 aromatic heterocycles. The highest BCUT2D eigenvalue weighted by Gasteiger charge is 2.18. The van der Waals surface area contributed by atoms with Crippen molar-refractivity contribution in [3.8, 4) is 0 Å². The average Bonchev–Trinajstić information content (AvgIpc) is 3.10. The quantitative estimate of drug-likeness (QED) is 0.647. The molecule has 0 amide bonds. The van der Waals surface area contributed by atoms with Crippen molar-refractivity contribution < 1.29 is 4.92 Å². The first-order valence-corrected chi connectivity index (χ1v) is 5.88. The van der Waals surface area contributed by atoms with Crippen LogP contribution < -0.4 is 5.32 Å². The second kappa shape index (κ2) is 5.29. The zero-order valence-electron chi connectivity index (χ0n) is 9.23. The van der Waals surface area contributed by atoms with Gasteiger partial charge in [-0.15, -0.1) is 0 Å². The third kappa shape index (κ3) is 3.54. The molecule has 2 rings (SSSR count). The minimum absolute atomic E-state index is 0.0594. The van der Waals surface area contributed by atoms with Crippen LogP contribution in [-0.2, 0) is 0 Å². The maximum atomic E-state index is 10.6. The Bertz CT molecular complexity index is 456. The zero-order valence-corrected chi connectivity index (χ0v) is 9.98. The Morgan fingerprint density at radius 2 is 2.29 bits per heavy atom. The lowest BCUT2D eigenvalue weighted by molar-refractivity contribution is -0.384. The van der Waals surface area contributed by atoms with Crippen LogP contribution in [0.3, 0.4) is 0 Å². The number of halogens is 1. The molecule has 1 aliphatic rings. The van der Waals surface area contributed by atoms with Crippen molar-refractivity contribution in [3.63, 3.8) is 0 Å². The molecule has 0 atom stereocenters. The lowest BCUT2D eigenvalue weighted by Crippen LogP contribution is -2.15. The summed E-state index contributed by atoms with van der Waals surface area (Å²) >= 11 is 5.96. The van der Waals surface area contributed by atoms with Crippen molar-refractivity contribution >= 4 is 23.4 Å². The van der Waals surface area contributed by atoms with Gasteiger partial charge in [0.15, 0.2) is 0 Å². The minimum atomic E-state index is -0.421. The van der Waals surface area contributed by atoms with E-state index in [1.165, 1.54) is 25.0 Å². The SMILES string of the molecule is O=[N+]([O-])c1ccc(Cl)c(C=CCNC2CC2)c1. The Morgan fingerprint density at radius 1 is 1.53 bits per heavy atom. The molecule has 90 valence electrons. The van der Waals surface area contributed by atoms with Gasteiger partial charge in [0.05, 0.1) is 4.92 Å².